The van der Waals surface area contributed by atoms with Gasteiger partial charge in [-0.3, -0.25) is 14.9 Å². The molecule has 0 aromatic heterocycles. The highest BCUT2D eigenvalue weighted by Crippen LogP contribution is 2.20. The normalized spacial score (nSPS) is 20.0. The van der Waals surface area contributed by atoms with Crippen LogP contribution < -0.4 is 10.6 Å². The third-order valence-corrected chi connectivity index (χ3v) is 3.84. The van der Waals surface area contributed by atoms with E-state index in [4.69, 9.17) is 0 Å². The minimum Gasteiger partial charge on any atom is -0.386 e. The molecule has 1 aliphatic rings. The van der Waals surface area contributed by atoms with Gasteiger partial charge in [0.25, 0.3) is 5.91 Å². The number of carbonyl (C=O) groups excluding carboxylic acids is 3. The van der Waals surface area contributed by atoms with Crippen LogP contribution in [0.15, 0.2) is 30.3 Å². The Morgan fingerprint density at radius 2 is 1.95 bits per heavy atom. The van der Waals surface area contributed by atoms with Crippen LogP contribution in [-0.2, 0) is 9.59 Å². The second kappa shape index (κ2) is 6.57. The first-order valence-corrected chi connectivity index (χ1v) is 7.00. The number of aliphatic hydroxyl groups is 1. The molecule has 0 radical (unpaired) electrons. The summed E-state index contributed by atoms with van der Waals surface area (Å²) < 4.78 is 0. The molecule has 7 nitrogen and oxygen atoms in total. The predicted octanol–water partition coefficient (Wildman–Crippen LogP) is 0.165. The van der Waals surface area contributed by atoms with Gasteiger partial charge in [0.2, 0.25) is 5.91 Å². The first-order valence-electron chi connectivity index (χ1n) is 7.00. The molecular formula is C15H19N3O4. The van der Waals surface area contributed by atoms with E-state index < -0.39 is 30.1 Å². The van der Waals surface area contributed by atoms with Gasteiger partial charge in [-0.15, -0.1) is 0 Å². The van der Waals surface area contributed by atoms with E-state index in [1.54, 1.807) is 26.1 Å². The van der Waals surface area contributed by atoms with Gasteiger partial charge in [0.05, 0.1) is 18.6 Å². The van der Waals surface area contributed by atoms with Gasteiger partial charge in [0, 0.05) is 7.05 Å². The van der Waals surface area contributed by atoms with E-state index in [1.165, 1.54) is 4.90 Å². The molecule has 1 fully saturated rings. The maximum absolute atomic E-state index is 12.2. The number of rotatable bonds is 5. The Hall–Kier alpha value is -2.41. The minimum absolute atomic E-state index is 0.139. The highest BCUT2D eigenvalue weighted by molar-refractivity contribution is 6.05. The maximum Gasteiger partial charge on any atom is 0.322 e. The number of hydrogen-bond donors (Lipinski definition) is 3. The first-order chi connectivity index (χ1) is 10.4. The summed E-state index contributed by atoms with van der Waals surface area (Å²) in [5.74, 6) is -0.840. The van der Waals surface area contributed by atoms with Crippen LogP contribution in [-0.4, -0.2) is 47.0 Å². The molecule has 0 bridgehead atoms. The number of nitrogens with one attached hydrogen (secondary N) is 2. The van der Waals surface area contributed by atoms with Crippen LogP contribution in [0.5, 0.6) is 0 Å². The van der Waals surface area contributed by atoms with Gasteiger partial charge in [0.15, 0.2) is 0 Å². The number of nitrogens with zero attached hydrogens (tertiary/aromatic N) is 1. The lowest BCUT2D eigenvalue weighted by Crippen LogP contribution is -2.43. The standard InChI is InChI=1S/C15H19N3O4/c1-9(13(20)10-6-4-3-5-7-10)18(2)12(19)8-11-14(21)17-15(22)16-11/h3-7,9,11,13,20H,8H2,1-2H3,(H2,16,17,21,22). The Kier molecular flexibility index (Phi) is 4.77. The fourth-order valence-electron chi connectivity index (χ4n) is 2.29. The van der Waals surface area contributed by atoms with Crippen LogP contribution in [0, 0.1) is 0 Å². The van der Waals surface area contributed by atoms with Gasteiger partial charge < -0.3 is 15.3 Å². The largest absolute Gasteiger partial charge is 0.386 e. The highest BCUT2D eigenvalue weighted by Gasteiger charge is 2.33. The number of hydrogen-bond acceptors (Lipinski definition) is 4. The summed E-state index contributed by atoms with van der Waals surface area (Å²) in [5, 5.41) is 14.8. The Morgan fingerprint density at radius 3 is 2.50 bits per heavy atom. The van der Waals surface area contributed by atoms with Crippen molar-refractivity contribution in [2.45, 2.75) is 31.5 Å². The van der Waals surface area contributed by atoms with E-state index in [9.17, 15) is 19.5 Å². The molecule has 0 spiro atoms. The summed E-state index contributed by atoms with van der Waals surface area (Å²) in [5.41, 5.74) is 0.710. The predicted molar refractivity (Wildman–Crippen MR) is 78.7 cm³/mol. The van der Waals surface area contributed by atoms with Crippen LogP contribution >= 0.6 is 0 Å². The monoisotopic (exact) mass is 305 g/mol. The summed E-state index contributed by atoms with van der Waals surface area (Å²) in [7, 11) is 1.56. The van der Waals surface area contributed by atoms with Gasteiger partial charge in [-0.25, -0.2) is 4.79 Å². The van der Waals surface area contributed by atoms with Crippen molar-refractivity contribution >= 4 is 17.8 Å². The van der Waals surface area contributed by atoms with Crippen LogP contribution in [0.3, 0.4) is 0 Å². The Bertz CT molecular complexity index is 575. The lowest BCUT2D eigenvalue weighted by molar-refractivity contribution is -0.136. The molecular weight excluding hydrogens is 286 g/mol. The van der Waals surface area contributed by atoms with Gasteiger partial charge in [-0.1, -0.05) is 30.3 Å². The number of aliphatic hydroxyl groups excluding tert-OH is 1. The summed E-state index contributed by atoms with van der Waals surface area (Å²) >= 11 is 0. The third-order valence-electron chi connectivity index (χ3n) is 3.84. The van der Waals surface area contributed by atoms with Crippen molar-refractivity contribution in [2.24, 2.45) is 0 Å². The molecule has 7 heteroatoms. The minimum atomic E-state index is -0.858. The van der Waals surface area contributed by atoms with E-state index in [2.05, 4.69) is 10.6 Å². The molecule has 22 heavy (non-hydrogen) atoms. The molecule has 0 saturated carbocycles. The van der Waals surface area contributed by atoms with Crippen LogP contribution in [0.2, 0.25) is 0 Å². The molecule has 3 N–H and O–H groups in total. The molecule has 1 aliphatic heterocycles. The van der Waals surface area contributed by atoms with E-state index >= 15 is 0 Å². The number of imide groups is 1. The highest BCUT2D eigenvalue weighted by atomic mass is 16.3. The van der Waals surface area contributed by atoms with Crippen LogP contribution in [0.1, 0.15) is 25.0 Å². The second-order valence-electron chi connectivity index (χ2n) is 5.32. The quantitative estimate of drug-likeness (QED) is 0.675. The number of carbonyl (C=O) groups is 3. The molecule has 3 unspecified atom stereocenters. The maximum atomic E-state index is 12.2. The molecule has 0 aliphatic carbocycles. The lowest BCUT2D eigenvalue weighted by Gasteiger charge is -2.29. The molecule has 1 saturated heterocycles. The van der Waals surface area contributed by atoms with Crippen molar-refractivity contribution in [2.75, 3.05) is 7.05 Å². The second-order valence-corrected chi connectivity index (χ2v) is 5.32. The van der Waals surface area contributed by atoms with Crippen molar-refractivity contribution in [3.8, 4) is 0 Å². The SMILES string of the molecule is CC(C(O)c1ccccc1)N(C)C(=O)CC1NC(=O)NC1=O. The zero-order chi connectivity index (χ0) is 16.3. The van der Waals surface area contributed by atoms with Crippen LogP contribution in [0.25, 0.3) is 0 Å². The van der Waals surface area contributed by atoms with Gasteiger partial charge >= 0.3 is 6.03 Å². The Morgan fingerprint density at radius 1 is 1.32 bits per heavy atom. The Labute approximate surface area is 128 Å². The topological polar surface area (TPSA) is 98.7 Å². The van der Waals surface area contributed by atoms with Crippen molar-refractivity contribution in [1.29, 1.82) is 0 Å². The molecule has 4 amide bonds. The number of likely N-dealkylation sites (N-methyl/N-ethyl adjacent to an activating group) is 1. The van der Waals surface area contributed by atoms with E-state index in [1.807, 2.05) is 18.2 Å². The smallest absolute Gasteiger partial charge is 0.322 e. The molecule has 118 valence electrons. The zero-order valence-electron chi connectivity index (χ0n) is 12.4. The van der Waals surface area contributed by atoms with Gasteiger partial charge in [0.1, 0.15) is 6.04 Å². The van der Waals surface area contributed by atoms with E-state index in [-0.39, 0.29) is 12.3 Å². The first kappa shape index (κ1) is 16.0. The molecule has 2 rings (SSSR count). The van der Waals surface area contributed by atoms with Crippen molar-refractivity contribution in [3.63, 3.8) is 0 Å². The molecule has 1 aromatic carbocycles. The average Bonchev–Trinajstić information content (AvgIpc) is 2.83. The summed E-state index contributed by atoms with van der Waals surface area (Å²) in [6, 6.07) is 7.11. The molecule has 3 atom stereocenters. The molecule has 1 aromatic rings. The number of benzene rings is 1. The lowest BCUT2D eigenvalue weighted by atomic mass is 10.0. The number of urea groups is 1. The number of amides is 4. The zero-order valence-corrected chi connectivity index (χ0v) is 12.4. The van der Waals surface area contributed by atoms with Gasteiger partial charge in [-0.2, -0.15) is 0 Å². The fourth-order valence-corrected chi connectivity index (χ4v) is 2.29. The average molecular weight is 305 g/mol. The van der Waals surface area contributed by atoms with Crippen molar-refractivity contribution in [1.82, 2.24) is 15.5 Å². The van der Waals surface area contributed by atoms with E-state index in [0.717, 1.165) is 0 Å². The van der Waals surface area contributed by atoms with E-state index in [0.29, 0.717) is 5.56 Å². The summed E-state index contributed by atoms with van der Waals surface area (Å²) in [6.45, 7) is 1.73. The molecule has 1 heterocycles. The summed E-state index contributed by atoms with van der Waals surface area (Å²) in [4.78, 5) is 36.1. The summed E-state index contributed by atoms with van der Waals surface area (Å²) in [6.07, 6.45) is -0.970. The van der Waals surface area contributed by atoms with Gasteiger partial charge in [-0.05, 0) is 12.5 Å². The van der Waals surface area contributed by atoms with Crippen molar-refractivity contribution in [3.05, 3.63) is 35.9 Å². The third kappa shape index (κ3) is 3.43. The fraction of sp³-hybridized carbons (Fsp3) is 0.400. The Balaban J connectivity index is 1.98. The van der Waals surface area contributed by atoms with Crippen LogP contribution in [0.4, 0.5) is 4.79 Å². The van der Waals surface area contributed by atoms with Crippen molar-refractivity contribution < 1.29 is 19.5 Å².